The number of halogens is 1. The van der Waals surface area contributed by atoms with E-state index in [0.717, 1.165) is 5.52 Å². The van der Waals surface area contributed by atoms with Crippen molar-refractivity contribution in [2.75, 3.05) is 6.26 Å². The molecule has 0 unspecified atom stereocenters. The van der Waals surface area contributed by atoms with Gasteiger partial charge >= 0.3 is 0 Å². The Hall–Kier alpha value is -1.07. The lowest BCUT2D eigenvalue weighted by Crippen LogP contribution is -2.23. The lowest BCUT2D eigenvalue weighted by atomic mass is 10.1. The van der Waals surface area contributed by atoms with Gasteiger partial charge in [0.15, 0.2) is 9.84 Å². The van der Waals surface area contributed by atoms with Crippen molar-refractivity contribution < 1.29 is 8.42 Å². The van der Waals surface area contributed by atoms with Crippen molar-refractivity contribution >= 4 is 32.5 Å². The highest BCUT2D eigenvalue weighted by atomic mass is 35.5. The molecule has 2 rings (SSSR count). The van der Waals surface area contributed by atoms with Gasteiger partial charge in [0.25, 0.3) is 0 Å². The van der Waals surface area contributed by atoms with Crippen LogP contribution in [0.4, 0.5) is 0 Å². The van der Waals surface area contributed by atoms with Gasteiger partial charge in [0, 0.05) is 11.8 Å². The van der Waals surface area contributed by atoms with Gasteiger partial charge in [0.2, 0.25) is 0 Å². The number of hydrogen-bond donors (Lipinski definition) is 0. The van der Waals surface area contributed by atoms with Crippen LogP contribution in [-0.2, 0) is 21.3 Å². The Morgan fingerprint density at radius 1 is 1.32 bits per heavy atom. The first kappa shape index (κ1) is 14.3. The van der Waals surface area contributed by atoms with Crippen LogP contribution in [-0.4, -0.2) is 24.2 Å². The quantitative estimate of drug-likeness (QED) is 0.801. The zero-order valence-electron chi connectivity index (χ0n) is 11.4. The van der Waals surface area contributed by atoms with Crippen molar-refractivity contribution in [2.45, 2.75) is 37.1 Å². The van der Waals surface area contributed by atoms with Gasteiger partial charge < -0.3 is 4.57 Å². The number of imidazole rings is 1. The molecule has 0 saturated heterocycles. The van der Waals surface area contributed by atoms with Crippen LogP contribution < -0.4 is 0 Å². The van der Waals surface area contributed by atoms with Gasteiger partial charge in [-0.25, -0.2) is 13.4 Å². The first-order valence-electron chi connectivity index (χ1n) is 5.93. The summed E-state index contributed by atoms with van der Waals surface area (Å²) in [5.74, 6) is 0.926. The van der Waals surface area contributed by atoms with E-state index in [4.69, 9.17) is 11.6 Å². The molecule has 4 nitrogen and oxygen atoms in total. The molecule has 1 aromatic heterocycles. The molecular weight excluding hydrogens is 284 g/mol. The first-order chi connectivity index (χ1) is 8.66. The van der Waals surface area contributed by atoms with E-state index in [-0.39, 0.29) is 16.3 Å². The molecule has 0 atom stereocenters. The van der Waals surface area contributed by atoms with Gasteiger partial charge in [-0.05, 0) is 32.9 Å². The Labute approximate surface area is 118 Å². The van der Waals surface area contributed by atoms with E-state index >= 15 is 0 Å². The number of benzene rings is 1. The molecule has 0 spiro atoms. The Bertz CT molecular complexity index is 727. The lowest BCUT2D eigenvalue weighted by Gasteiger charge is -2.24. The summed E-state index contributed by atoms with van der Waals surface area (Å²) < 4.78 is 25.6. The zero-order valence-corrected chi connectivity index (χ0v) is 13.0. The molecule has 1 heterocycles. The number of para-hydroxylation sites is 1. The van der Waals surface area contributed by atoms with E-state index in [9.17, 15) is 8.42 Å². The van der Waals surface area contributed by atoms with Gasteiger partial charge in [-0.15, -0.1) is 11.6 Å². The monoisotopic (exact) mass is 300 g/mol. The van der Waals surface area contributed by atoms with Crippen molar-refractivity contribution in [3.63, 3.8) is 0 Å². The highest BCUT2D eigenvalue weighted by molar-refractivity contribution is 7.91. The van der Waals surface area contributed by atoms with Crippen LogP contribution in [0.2, 0.25) is 0 Å². The number of rotatable bonds is 2. The summed E-state index contributed by atoms with van der Waals surface area (Å²) >= 11 is 5.94. The van der Waals surface area contributed by atoms with Gasteiger partial charge in [0.1, 0.15) is 11.3 Å². The van der Waals surface area contributed by atoms with Crippen molar-refractivity contribution in [1.82, 2.24) is 9.55 Å². The first-order valence-corrected chi connectivity index (χ1v) is 8.35. The summed E-state index contributed by atoms with van der Waals surface area (Å²) in [6, 6.07) is 5.19. The zero-order chi connectivity index (χ0) is 14.4. The van der Waals surface area contributed by atoms with Gasteiger partial charge in [-0.1, -0.05) is 6.07 Å². The standard InChI is InChI=1S/C13H17ClN2O2S/c1-13(2,3)16-9-6-5-7-10(19(4,17)18)12(9)15-11(16)8-14/h5-7H,8H2,1-4H3. The van der Waals surface area contributed by atoms with Gasteiger partial charge in [-0.3, -0.25) is 0 Å². The number of alkyl halides is 1. The van der Waals surface area contributed by atoms with Crippen molar-refractivity contribution in [3.8, 4) is 0 Å². The van der Waals surface area contributed by atoms with Gasteiger partial charge in [0.05, 0.1) is 16.3 Å². The number of nitrogens with zero attached hydrogens (tertiary/aromatic N) is 2. The molecule has 0 saturated carbocycles. The van der Waals surface area contributed by atoms with Crippen molar-refractivity contribution in [2.24, 2.45) is 0 Å². The minimum Gasteiger partial charge on any atom is -0.322 e. The van der Waals surface area contributed by atoms with E-state index in [1.807, 2.05) is 31.4 Å². The van der Waals surface area contributed by atoms with Crippen LogP contribution in [0.1, 0.15) is 26.6 Å². The minimum absolute atomic E-state index is 0.213. The number of fused-ring (bicyclic) bond motifs is 1. The fourth-order valence-corrected chi connectivity index (χ4v) is 3.27. The van der Waals surface area contributed by atoms with Crippen LogP contribution in [0.25, 0.3) is 11.0 Å². The summed E-state index contributed by atoms with van der Waals surface area (Å²) in [6.07, 6.45) is 1.19. The highest BCUT2D eigenvalue weighted by Crippen LogP contribution is 2.29. The van der Waals surface area contributed by atoms with Crippen LogP contribution >= 0.6 is 11.6 Å². The fourth-order valence-electron chi connectivity index (χ4n) is 2.26. The van der Waals surface area contributed by atoms with Crippen LogP contribution in [0.3, 0.4) is 0 Å². The Kier molecular flexibility index (Phi) is 3.39. The van der Waals surface area contributed by atoms with E-state index in [1.54, 1.807) is 12.1 Å². The highest BCUT2D eigenvalue weighted by Gasteiger charge is 2.24. The smallest absolute Gasteiger partial charge is 0.177 e. The van der Waals surface area contributed by atoms with Crippen LogP contribution in [0, 0.1) is 0 Å². The van der Waals surface area contributed by atoms with Crippen molar-refractivity contribution in [1.29, 1.82) is 0 Å². The molecule has 0 aliphatic carbocycles. The predicted octanol–water partition coefficient (Wildman–Crippen LogP) is 2.93. The average molecular weight is 301 g/mol. The summed E-state index contributed by atoms with van der Waals surface area (Å²) in [7, 11) is -3.31. The Balaban J connectivity index is 2.93. The maximum absolute atomic E-state index is 11.8. The average Bonchev–Trinajstić information content (AvgIpc) is 2.64. The summed E-state index contributed by atoms with van der Waals surface area (Å²) in [4.78, 5) is 4.67. The maximum atomic E-state index is 11.8. The Morgan fingerprint density at radius 3 is 2.42 bits per heavy atom. The van der Waals surface area contributed by atoms with E-state index in [2.05, 4.69) is 4.98 Å². The molecule has 19 heavy (non-hydrogen) atoms. The van der Waals surface area contributed by atoms with E-state index in [1.165, 1.54) is 6.26 Å². The third-order valence-electron chi connectivity index (χ3n) is 2.91. The lowest BCUT2D eigenvalue weighted by molar-refractivity contribution is 0.398. The maximum Gasteiger partial charge on any atom is 0.177 e. The molecule has 0 bridgehead atoms. The molecule has 1 aromatic carbocycles. The SMILES string of the molecule is CC(C)(C)n1c(CCl)nc2c(S(C)(=O)=O)cccc21. The number of aromatic nitrogens is 2. The largest absolute Gasteiger partial charge is 0.322 e. The molecule has 0 radical (unpaired) electrons. The molecule has 0 fully saturated rings. The third kappa shape index (κ3) is 2.49. The molecule has 2 aromatic rings. The van der Waals surface area contributed by atoms with E-state index < -0.39 is 9.84 Å². The number of sulfone groups is 1. The number of hydrogen-bond acceptors (Lipinski definition) is 3. The third-order valence-corrected chi connectivity index (χ3v) is 4.27. The van der Waals surface area contributed by atoms with Crippen LogP contribution in [0.5, 0.6) is 0 Å². The summed E-state index contributed by atoms with van der Waals surface area (Å²) in [6.45, 7) is 6.12. The molecule has 0 amide bonds. The minimum atomic E-state index is -3.31. The topological polar surface area (TPSA) is 52.0 Å². The normalized spacial score (nSPS) is 13.1. The van der Waals surface area contributed by atoms with Crippen molar-refractivity contribution in [3.05, 3.63) is 24.0 Å². The summed E-state index contributed by atoms with van der Waals surface area (Å²) in [5.41, 5.74) is 1.08. The van der Waals surface area contributed by atoms with Crippen LogP contribution in [0.15, 0.2) is 23.1 Å². The van der Waals surface area contributed by atoms with Gasteiger partial charge in [-0.2, -0.15) is 0 Å². The Morgan fingerprint density at radius 2 is 1.95 bits per heavy atom. The second kappa shape index (κ2) is 4.49. The predicted molar refractivity (Wildman–Crippen MR) is 77.4 cm³/mol. The second-order valence-corrected chi connectivity index (χ2v) is 7.82. The molecule has 6 heteroatoms. The van der Waals surface area contributed by atoms with E-state index in [0.29, 0.717) is 11.3 Å². The second-order valence-electron chi connectivity index (χ2n) is 5.56. The molecule has 104 valence electrons. The molecule has 0 N–H and O–H groups in total. The molecular formula is C13H17ClN2O2S. The fraction of sp³-hybridized carbons (Fsp3) is 0.462. The molecule has 0 aliphatic rings. The molecule has 0 aliphatic heterocycles. The summed E-state index contributed by atoms with van der Waals surface area (Å²) in [5, 5.41) is 0.